The van der Waals surface area contributed by atoms with Gasteiger partial charge in [-0.3, -0.25) is 4.79 Å². The molecule has 0 heterocycles. The third-order valence-electron chi connectivity index (χ3n) is 4.31. The van der Waals surface area contributed by atoms with E-state index in [1.54, 1.807) is 6.07 Å². The molecule has 128 valence electrons. The fourth-order valence-electron chi connectivity index (χ4n) is 2.98. The van der Waals surface area contributed by atoms with Crippen LogP contribution in [0.25, 0.3) is 0 Å². The number of hydrogen-bond donors (Lipinski definition) is 2. The quantitative estimate of drug-likeness (QED) is 0.761. The lowest BCUT2D eigenvalue weighted by Gasteiger charge is -2.25. The van der Waals surface area contributed by atoms with Crippen LogP contribution in [0.3, 0.4) is 0 Å². The smallest absolute Gasteiger partial charge is 0.255 e. The van der Waals surface area contributed by atoms with Crippen LogP contribution in [0.2, 0.25) is 5.02 Å². The molecule has 23 heavy (non-hydrogen) atoms. The second kappa shape index (κ2) is 7.99. The predicted octanol–water partition coefficient (Wildman–Crippen LogP) is 2.33. The van der Waals surface area contributed by atoms with Gasteiger partial charge in [0.1, 0.15) is 5.75 Å². The maximum Gasteiger partial charge on any atom is 0.255 e. The molecule has 0 aliphatic heterocycles. The van der Waals surface area contributed by atoms with Crippen LogP contribution in [0, 0.1) is 0 Å². The fourth-order valence-corrected chi connectivity index (χ4v) is 3.24. The minimum Gasteiger partial charge on any atom is -0.482 e. The van der Waals surface area contributed by atoms with Gasteiger partial charge in [0.2, 0.25) is 0 Å². The van der Waals surface area contributed by atoms with E-state index in [9.17, 15) is 9.90 Å². The second-order valence-electron chi connectivity index (χ2n) is 6.44. The van der Waals surface area contributed by atoms with Crippen LogP contribution in [-0.4, -0.2) is 41.7 Å². The first kappa shape index (κ1) is 18.0. The number of primary amides is 1. The predicted molar refractivity (Wildman–Crippen MR) is 90.5 cm³/mol. The number of halogens is 1. The van der Waals surface area contributed by atoms with Crippen molar-refractivity contribution in [2.24, 2.45) is 5.73 Å². The average molecular weight is 341 g/mol. The Hall–Kier alpha value is -1.30. The summed E-state index contributed by atoms with van der Waals surface area (Å²) in [5.74, 6) is -0.0770. The molecule has 0 spiro atoms. The number of amides is 1. The van der Waals surface area contributed by atoms with Crippen LogP contribution < -0.4 is 10.5 Å². The summed E-state index contributed by atoms with van der Waals surface area (Å²) in [6.45, 7) is 1.40. The number of nitrogens with zero attached hydrogens (tertiary/aromatic N) is 1. The second-order valence-corrected chi connectivity index (χ2v) is 6.85. The van der Waals surface area contributed by atoms with Crippen LogP contribution in [0.1, 0.15) is 37.7 Å². The van der Waals surface area contributed by atoms with Gasteiger partial charge in [-0.2, -0.15) is 0 Å². The average Bonchev–Trinajstić information content (AvgIpc) is 2.91. The molecule has 1 aliphatic carbocycles. The first-order chi connectivity index (χ1) is 10.9. The Morgan fingerprint density at radius 3 is 2.74 bits per heavy atom. The van der Waals surface area contributed by atoms with Crippen molar-refractivity contribution in [1.82, 2.24) is 4.90 Å². The van der Waals surface area contributed by atoms with Gasteiger partial charge in [0.05, 0.1) is 10.6 Å². The number of nitrogens with two attached hydrogens (primary N) is 1. The monoisotopic (exact) mass is 340 g/mol. The highest BCUT2D eigenvalue weighted by atomic mass is 35.5. The molecule has 6 heteroatoms. The SMILES string of the molecule is CN(CCC1(O)CCCC1)Cc1ccc(OCC(N)=O)c(Cl)c1. The standard InChI is InChI=1S/C17H25ClN2O3/c1-20(9-8-17(22)6-2-3-7-17)11-13-4-5-15(14(18)10-13)23-12-16(19)21/h4-5,10,22H,2-3,6-9,11-12H2,1H3,(H2,19,21). The van der Waals surface area contributed by atoms with E-state index in [1.165, 1.54) is 0 Å². The number of hydrogen-bond acceptors (Lipinski definition) is 4. The molecule has 0 radical (unpaired) electrons. The van der Waals surface area contributed by atoms with Crippen molar-refractivity contribution in [3.05, 3.63) is 28.8 Å². The summed E-state index contributed by atoms with van der Waals surface area (Å²) in [6, 6.07) is 5.50. The summed E-state index contributed by atoms with van der Waals surface area (Å²) in [5, 5.41) is 10.9. The van der Waals surface area contributed by atoms with Crippen LogP contribution in [0.15, 0.2) is 18.2 Å². The zero-order valence-electron chi connectivity index (χ0n) is 13.6. The number of aliphatic hydroxyl groups is 1. The molecule has 0 bridgehead atoms. The largest absolute Gasteiger partial charge is 0.482 e. The zero-order chi connectivity index (χ0) is 16.9. The van der Waals surface area contributed by atoms with Crippen molar-refractivity contribution >= 4 is 17.5 Å². The highest BCUT2D eigenvalue weighted by Crippen LogP contribution is 2.32. The Kier molecular flexibility index (Phi) is 6.27. The molecule has 1 fully saturated rings. The molecule has 1 aliphatic rings. The van der Waals surface area contributed by atoms with E-state index >= 15 is 0 Å². The van der Waals surface area contributed by atoms with Crippen LogP contribution in [0.5, 0.6) is 5.75 Å². The van der Waals surface area contributed by atoms with E-state index in [1.807, 2.05) is 19.2 Å². The molecule has 2 rings (SSSR count). The Balaban J connectivity index is 1.84. The van der Waals surface area contributed by atoms with Gasteiger partial charge in [-0.15, -0.1) is 0 Å². The molecule has 0 atom stereocenters. The Bertz CT molecular complexity index is 545. The molecule has 0 saturated heterocycles. The van der Waals surface area contributed by atoms with Gasteiger partial charge >= 0.3 is 0 Å². The van der Waals surface area contributed by atoms with E-state index in [0.29, 0.717) is 10.8 Å². The Morgan fingerprint density at radius 1 is 1.43 bits per heavy atom. The lowest BCUT2D eigenvalue weighted by atomic mass is 9.98. The third kappa shape index (κ3) is 5.68. The van der Waals surface area contributed by atoms with Crippen molar-refractivity contribution in [3.63, 3.8) is 0 Å². The van der Waals surface area contributed by atoms with Gasteiger partial charge in [0.15, 0.2) is 6.61 Å². The van der Waals surface area contributed by atoms with Crippen molar-refractivity contribution in [3.8, 4) is 5.75 Å². The highest BCUT2D eigenvalue weighted by Gasteiger charge is 2.30. The van der Waals surface area contributed by atoms with Crippen molar-refractivity contribution in [2.75, 3.05) is 20.2 Å². The Morgan fingerprint density at radius 2 is 2.13 bits per heavy atom. The molecule has 0 unspecified atom stereocenters. The summed E-state index contributed by atoms with van der Waals surface area (Å²) in [4.78, 5) is 12.9. The van der Waals surface area contributed by atoms with Crippen molar-refractivity contribution < 1.29 is 14.6 Å². The maximum absolute atomic E-state index is 10.7. The van der Waals surface area contributed by atoms with E-state index in [-0.39, 0.29) is 6.61 Å². The Labute approximate surface area is 142 Å². The minimum absolute atomic E-state index is 0.183. The van der Waals surface area contributed by atoms with E-state index < -0.39 is 11.5 Å². The van der Waals surface area contributed by atoms with Crippen molar-refractivity contribution in [2.45, 2.75) is 44.2 Å². The van der Waals surface area contributed by atoms with Gasteiger partial charge in [0.25, 0.3) is 5.91 Å². The molecule has 5 nitrogen and oxygen atoms in total. The molecule has 0 aromatic heterocycles. The van der Waals surface area contributed by atoms with E-state index in [2.05, 4.69) is 4.90 Å². The number of carbonyl (C=O) groups is 1. The molecular weight excluding hydrogens is 316 g/mol. The lowest BCUT2D eigenvalue weighted by Crippen LogP contribution is -2.31. The number of rotatable bonds is 8. The number of benzene rings is 1. The summed E-state index contributed by atoms with van der Waals surface area (Å²) in [7, 11) is 2.03. The van der Waals surface area contributed by atoms with Gasteiger partial charge in [-0.05, 0) is 44.0 Å². The first-order valence-electron chi connectivity index (χ1n) is 7.98. The molecule has 1 aromatic rings. The maximum atomic E-state index is 10.7. The lowest BCUT2D eigenvalue weighted by molar-refractivity contribution is -0.119. The number of ether oxygens (including phenoxy) is 1. The summed E-state index contributed by atoms with van der Waals surface area (Å²) < 4.78 is 5.23. The van der Waals surface area contributed by atoms with Crippen LogP contribution in [-0.2, 0) is 11.3 Å². The summed E-state index contributed by atoms with van der Waals surface area (Å²) >= 11 is 6.16. The van der Waals surface area contributed by atoms with Crippen molar-refractivity contribution in [1.29, 1.82) is 0 Å². The summed E-state index contributed by atoms with van der Waals surface area (Å²) in [5.41, 5.74) is 5.63. The van der Waals surface area contributed by atoms with Gasteiger partial charge in [0, 0.05) is 13.1 Å². The zero-order valence-corrected chi connectivity index (χ0v) is 14.3. The fraction of sp³-hybridized carbons (Fsp3) is 0.588. The van der Waals surface area contributed by atoms with E-state index in [0.717, 1.165) is 50.8 Å². The molecular formula is C17H25ClN2O3. The van der Waals surface area contributed by atoms with Gasteiger partial charge < -0.3 is 20.5 Å². The number of carbonyl (C=O) groups excluding carboxylic acids is 1. The van der Waals surface area contributed by atoms with Gasteiger partial charge in [-0.1, -0.05) is 30.5 Å². The molecule has 3 N–H and O–H groups in total. The summed E-state index contributed by atoms with van der Waals surface area (Å²) in [6.07, 6.45) is 4.89. The molecule has 1 aromatic carbocycles. The normalized spacial score (nSPS) is 16.7. The van der Waals surface area contributed by atoms with Crippen LogP contribution in [0.4, 0.5) is 0 Å². The highest BCUT2D eigenvalue weighted by molar-refractivity contribution is 6.32. The topological polar surface area (TPSA) is 75.8 Å². The third-order valence-corrected chi connectivity index (χ3v) is 4.61. The van der Waals surface area contributed by atoms with Crippen LogP contribution >= 0.6 is 11.6 Å². The van der Waals surface area contributed by atoms with Gasteiger partial charge in [-0.25, -0.2) is 0 Å². The molecule has 1 amide bonds. The molecule has 1 saturated carbocycles. The minimum atomic E-state index is -0.533. The first-order valence-corrected chi connectivity index (χ1v) is 8.36. The van der Waals surface area contributed by atoms with E-state index in [4.69, 9.17) is 22.1 Å².